The molecule has 6 rings (SSSR count). The highest BCUT2D eigenvalue weighted by Crippen LogP contribution is 2.19. The van der Waals surface area contributed by atoms with Crippen LogP contribution in [0.5, 0.6) is 23.0 Å². The van der Waals surface area contributed by atoms with Crippen LogP contribution >= 0.6 is 0 Å². The molecule has 0 saturated carbocycles. The van der Waals surface area contributed by atoms with Gasteiger partial charge in [-0.1, -0.05) is 30.6 Å². The largest absolute Gasteiger partial charge is 0.494 e. The van der Waals surface area contributed by atoms with Crippen molar-refractivity contribution >= 4 is 0 Å². The van der Waals surface area contributed by atoms with Crippen molar-refractivity contribution in [1.82, 2.24) is 0 Å². The van der Waals surface area contributed by atoms with Gasteiger partial charge in [0.25, 0.3) is 0 Å². The monoisotopic (exact) mass is 642 g/mol. The van der Waals surface area contributed by atoms with E-state index in [4.69, 9.17) is 28.4 Å². The Labute approximate surface area is 284 Å². The normalized spacial score (nSPS) is 16.4. The van der Waals surface area contributed by atoms with Gasteiger partial charge in [0.1, 0.15) is 48.4 Å². The molecule has 2 fully saturated rings. The first-order chi connectivity index (χ1) is 23.6. The highest BCUT2D eigenvalue weighted by atomic mass is 16.6. The molecule has 6 nitrogen and oxygen atoms in total. The molecule has 2 atom stereocenters. The fourth-order valence-corrected chi connectivity index (χ4v) is 4.92. The standard InChI is InChI=1S/C42H42O6/c1-32(4-2-26-43-37-18-10-33(11-19-37)6-8-35-14-22-39(23-15-35)45-28-41-30-47-41)5-3-27-44-38-20-12-34(13-21-38)7-9-36-16-24-40(25-17-36)46-29-42-31-48-42/h10-25,32,41-42H,2-5,26-31H2,1H3. The fourth-order valence-electron chi connectivity index (χ4n) is 4.92. The third-order valence-electron chi connectivity index (χ3n) is 8.02. The van der Waals surface area contributed by atoms with Crippen LogP contribution in [0.2, 0.25) is 0 Å². The van der Waals surface area contributed by atoms with E-state index in [1.54, 1.807) is 0 Å². The lowest BCUT2D eigenvalue weighted by Gasteiger charge is -2.12. The smallest absolute Gasteiger partial charge is 0.119 e. The number of hydrogen-bond acceptors (Lipinski definition) is 6. The van der Waals surface area contributed by atoms with Crippen LogP contribution in [0.25, 0.3) is 0 Å². The van der Waals surface area contributed by atoms with Crippen LogP contribution in [0.15, 0.2) is 97.1 Å². The Kier molecular flexibility index (Phi) is 11.9. The molecular weight excluding hydrogens is 600 g/mol. The second kappa shape index (κ2) is 17.3. The summed E-state index contributed by atoms with van der Waals surface area (Å²) < 4.78 is 33.7. The molecule has 0 amide bonds. The first-order valence-corrected chi connectivity index (χ1v) is 16.8. The van der Waals surface area contributed by atoms with Gasteiger partial charge in [-0.3, -0.25) is 0 Å². The third-order valence-corrected chi connectivity index (χ3v) is 8.02. The summed E-state index contributed by atoms with van der Waals surface area (Å²) in [6, 6.07) is 31.6. The zero-order valence-electron chi connectivity index (χ0n) is 27.5. The molecule has 2 aliphatic heterocycles. The first kappa shape index (κ1) is 33.0. The highest BCUT2D eigenvalue weighted by molar-refractivity contribution is 5.46. The molecule has 2 heterocycles. The average molecular weight is 643 g/mol. The zero-order chi connectivity index (χ0) is 32.8. The molecule has 6 heteroatoms. The molecule has 48 heavy (non-hydrogen) atoms. The van der Waals surface area contributed by atoms with Crippen LogP contribution in [0, 0.1) is 29.6 Å². The van der Waals surface area contributed by atoms with Crippen molar-refractivity contribution in [3.8, 4) is 46.7 Å². The van der Waals surface area contributed by atoms with Gasteiger partial charge in [-0.05, 0) is 129 Å². The molecule has 0 bridgehead atoms. The first-order valence-electron chi connectivity index (χ1n) is 16.8. The molecule has 0 aromatic heterocycles. The van der Waals surface area contributed by atoms with E-state index in [9.17, 15) is 0 Å². The van der Waals surface area contributed by atoms with Crippen molar-refractivity contribution in [3.05, 3.63) is 119 Å². The number of benzene rings is 4. The van der Waals surface area contributed by atoms with E-state index in [2.05, 4.69) is 30.6 Å². The topological polar surface area (TPSA) is 62.0 Å². The van der Waals surface area contributed by atoms with Gasteiger partial charge < -0.3 is 28.4 Å². The Morgan fingerprint density at radius 2 is 0.792 bits per heavy atom. The fraction of sp³-hybridized carbons (Fsp3) is 0.333. The molecule has 4 aromatic rings. The summed E-state index contributed by atoms with van der Waals surface area (Å²) >= 11 is 0. The van der Waals surface area contributed by atoms with E-state index < -0.39 is 0 Å². The predicted molar refractivity (Wildman–Crippen MR) is 187 cm³/mol. The third kappa shape index (κ3) is 11.7. The van der Waals surface area contributed by atoms with Crippen molar-refractivity contribution in [3.63, 3.8) is 0 Å². The van der Waals surface area contributed by atoms with Crippen molar-refractivity contribution in [2.45, 2.75) is 44.8 Å². The Morgan fingerprint density at radius 1 is 0.500 bits per heavy atom. The van der Waals surface area contributed by atoms with Crippen molar-refractivity contribution in [2.24, 2.45) is 5.92 Å². The number of epoxide rings is 2. The van der Waals surface area contributed by atoms with Crippen molar-refractivity contribution in [2.75, 3.05) is 39.6 Å². The van der Waals surface area contributed by atoms with E-state index in [0.717, 1.165) is 84.1 Å². The van der Waals surface area contributed by atoms with Crippen LogP contribution in [0.4, 0.5) is 0 Å². The van der Waals surface area contributed by atoms with Gasteiger partial charge >= 0.3 is 0 Å². The molecule has 2 aliphatic rings. The van der Waals surface area contributed by atoms with E-state index in [0.29, 0.717) is 32.3 Å². The summed E-state index contributed by atoms with van der Waals surface area (Å²) in [6.07, 6.45) is 4.80. The Hall–Kier alpha value is -4.88. The second-order valence-corrected chi connectivity index (χ2v) is 12.2. The number of hydrogen-bond donors (Lipinski definition) is 0. The molecular formula is C42H42O6. The van der Waals surface area contributed by atoms with Gasteiger partial charge in [-0.2, -0.15) is 0 Å². The van der Waals surface area contributed by atoms with E-state index in [-0.39, 0.29) is 12.2 Å². The lowest BCUT2D eigenvalue weighted by molar-refractivity contribution is 0.263. The minimum atomic E-state index is 0.255. The minimum Gasteiger partial charge on any atom is -0.494 e. The van der Waals surface area contributed by atoms with Crippen LogP contribution in [-0.2, 0) is 9.47 Å². The SMILES string of the molecule is CC(CCCOc1ccc(C#Cc2ccc(OCC3CO3)cc2)cc1)CCCOc1ccc(C#Cc2ccc(OCC3CO3)cc2)cc1. The van der Waals surface area contributed by atoms with Crippen LogP contribution in [0.1, 0.15) is 54.9 Å². The van der Waals surface area contributed by atoms with E-state index in [1.807, 2.05) is 97.1 Å². The summed E-state index contributed by atoms with van der Waals surface area (Å²) in [4.78, 5) is 0. The minimum absolute atomic E-state index is 0.255. The van der Waals surface area contributed by atoms with E-state index >= 15 is 0 Å². The summed E-state index contributed by atoms with van der Waals surface area (Å²) in [5.41, 5.74) is 3.81. The molecule has 0 spiro atoms. The van der Waals surface area contributed by atoms with Crippen LogP contribution < -0.4 is 18.9 Å². The predicted octanol–water partition coefficient (Wildman–Crippen LogP) is 7.70. The number of ether oxygens (including phenoxy) is 6. The van der Waals surface area contributed by atoms with Crippen molar-refractivity contribution < 1.29 is 28.4 Å². The van der Waals surface area contributed by atoms with Crippen LogP contribution in [0.3, 0.4) is 0 Å². The molecule has 2 unspecified atom stereocenters. The van der Waals surface area contributed by atoms with Crippen LogP contribution in [-0.4, -0.2) is 51.8 Å². The zero-order valence-corrected chi connectivity index (χ0v) is 27.5. The molecule has 4 aromatic carbocycles. The molecule has 0 N–H and O–H groups in total. The quantitative estimate of drug-likeness (QED) is 0.0710. The van der Waals surface area contributed by atoms with Gasteiger partial charge in [0.2, 0.25) is 0 Å². The summed E-state index contributed by atoms with van der Waals surface area (Å²) in [5, 5.41) is 0. The number of rotatable bonds is 16. The van der Waals surface area contributed by atoms with Gasteiger partial charge in [-0.15, -0.1) is 0 Å². The maximum Gasteiger partial charge on any atom is 0.119 e. The van der Waals surface area contributed by atoms with Gasteiger partial charge in [0, 0.05) is 22.3 Å². The van der Waals surface area contributed by atoms with Crippen molar-refractivity contribution in [1.29, 1.82) is 0 Å². The highest BCUT2D eigenvalue weighted by Gasteiger charge is 2.23. The van der Waals surface area contributed by atoms with E-state index in [1.165, 1.54) is 0 Å². The Bertz CT molecular complexity index is 1550. The Balaban J connectivity index is 0.813. The Morgan fingerprint density at radius 3 is 1.08 bits per heavy atom. The average Bonchev–Trinajstić information content (AvgIpc) is 4.07. The summed E-state index contributed by atoms with van der Waals surface area (Å²) in [5.74, 6) is 16.9. The molecule has 2 saturated heterocycles. The van der Waals surface area contributed by atoms with Gasteiger partial charge in [-0.25, -0.2) is 0 Å². The summed E-state index contributed by atoms with van der Waals surface area (Å²) in [6.45, 7) is 6.52. The summed E-state index contributed by atoms with van der Waals surface area (Å²) in [7, 11) is 0. The lowest BCUT2D eigenvalue weighted by atomic mass is 10.0. The molecule has 246 valence electrons. The van der Waals surface area contributed by atoms with Gasteiger partial charge in [0.15, 0.2) is 0 Å². The maximum absolute atomic E-state index is 5.98. The molecule has 0 radical (unpaired) electrons. The lowest BCUT2D eigenvalue weighted by Crippen LogP contribution is -2.04. The maximum atomic E-state index is 5.98. The van der Waals surface area contributed by atoms with Gasteiger partial charge in [0.05, 0.1) is 26.4 Å². The second-order valence-electron chi connectivity index (χ2n) is 12.2. The molecule has 0 aliphatic carbocycles.